The maximum Gasteiger partial charge on any atom is 0.266 e. The van der Waals surface area contributed by atoms with Gasteiger partial charge in [-0.2, -0.15) is 0 Å². The van der Waals surface area contributed by atoms with E-state index >= 15 is 0 Å². The van der Waals surface area contributed by atoms with Gasteiger partial charge in [0.1, 0.15) is 5.82 Å². The SMILES string of the molecule is Cc1cc(NC(=O)c2ccc(F)cc2Cl)sc1C(=O)Nc1ccc(Cn2ccccc2=O)cc1. The van der Waals surface area contributed by atoms with Crippen molar-refractivity contribution in [3.8, 4) is 0 Å². The Hall–Kier alpha value is -3.75. The lowest BCUT2D eigenvalue weighted by atomic mass is 10.2. The second-order valence-corrected chi connectivity index (χ2v) is 8.98. The molecule has 0 fully saturated rings. The number of nitrogens with zero attached hydrogens (tertiary/aromatic N) is 1. The van der Waals surface area contributed by atoms with Crippen LogP contribution in [-0.4, -0.2) is 16.4 Å². The Morgan fingerprint density at radius 3 is 2.47 bits per heavy atom. The number of benzene rings is 2. The Kier molecular flexibility index (Phi) is 6.90. The van der Waals surface area contributed by atoms with Gasteiger partial charge in [0.25, 0.3) is 17.4 Å². The molecule has 172 valence electrons. The van der Waals surface area contributed by atoms with Crippen LogP contribution in [0.1, 0.15) is 31.2 Å². The molecular formula is C25H19ClFN3O3S. The minimum atomic E-state index is -0.533. The molecule has 0 bridgehead atoms. The second-order valence-electron chi connectivity index (χ2n) is 7.52. The molecule has 34 heavy (non-hydrogen) atoms. The summed E-state index contributed by atoms with van der Waals surface area (Å²) in [6.07, 6.45) is 1.72. The summed E-state index contributed by atoms with van der Waals surface area (Å²) in [5, 5.41) is 6.01. The smallest absolute Gasteiger partial charge is 0.266 e. The van der Waals surface area contributed by atoms with Crippen molar-refractivity contribution >= 4 is 45.4 Å². The van der Waals surface area contributed by atoms with Crippen LogP contribution in [0.15, 0.2) is 77.7 Å². The molecule has 0 aliphatic rings. The molecule has 4 rings (SSSR count). The number of anilines is 2. The third kappa shape index (κ3) is 5.41. The van der Waals surface area contributed by atoms with Crippen LogP contribution in [-0.2, 0) is 6.54 Å². The van der Waals surface area contributed by atoms with Crippen LogP contribution >= 0.6 is 22.9 Å². The second kappa shape index (κ2) is 10.0. The van der Waals surface area contributed by atoms with E-state index in [-0.39, 0.29) is 22.1 Å². The van der Waals surface area contributed by atoms with Gasteiger partial charge in [-0.25, -0.2) is 4.39 Å². The average molecular weight is 496 g/mol. The molecule has 2 N–H and O–H groups in total. The number of hydrogen-bond acceptors (Lipinski definition) is 4. The van der Waals surface area contributed by atoms with E-state index in [1.54, 1.807) is 48.0 Å². The van der Waals surface area contributed by atoms with Crippen LogP contribution in [0, 0.1) is 12.7 Å². The molecule has 9 heteroatoms. The highest BCUT2D eigenvalue weighted by molar-refractivity contribution is 7.18. The number of amides is 2. The lowest BCUT2D eigenvalue weighted by Crippen LogP contribution is -2.18. The van der Waals surface area contributed by atoms with Crippen LogP contribution in [0.2, 0.25) is 5.02 Å². The van der Waals surface area contributed by atoms with E-state index in [2.05, 4.69) is 10.6 Å². The maximum atomic E-state index is 13.2. The lowest BCUT2D eigenvalue weighted by molar-refractivity contribution is 0.102. The first-order chi connectivity index (χ1) is 16.3. The fourth-order valence-corrected chi connectivity index (χ4v) is 4.51. The Balaban J connectivity index is 1.42. The van der Waals surface area contributed by atoms with Crippen molar-refractivity contribution in [2.75, 3.05) is 10.6 Å². The van der Waals surface area contributed by atoms with Crippen molar-refractivity contribution in [3.05, 3.63) is 116 Å². The molecule has 0 aliphatic carbocycles. The zero-order valence-corrected chi connectivity index (χ0v) is 19.5. The van der Waals surface area contributed by atoms with Crippen molar-refractivity contribution in [3.63, 3.8) is 0 Å². The van der Waals surface area contributed by atoms with Crippen LogP contribution in [0.4, 0.5) is 15.1 Å². The summed E-state index contributed by atoms with van der Waals surface area (Å²) in [4.78, 5) is 37.6. The number of thiophene rings is 1. The normalized spacial score (nSPS) is 10.7. The van der Waals surface area contributed by atoms with Gasteiger partial charge in [0.05, 0.1) is 27.0 Å². The number of rotatable bonds is 6. The fourth-order valence-electron chi connectivity index (χ4n) is 3.29. The number of aromatic nitrogens is 1. The number of aryl methyl sites for hydroxylation is 1. The summed E-state index contributed by atoms with van der Waals surface area (Å²) in [6.45, 7) is 2.20. The minimum absolute atomic E-state index is 0.00401. The van der Waals surface area contributed by atoms with Crippen LogP contribution in [0.3, 0.4) is 0 Å². The van der Waals surface area contributed by atoms with Gasteiger partial charge < -0.3 is 15.2 Å². The highest BCUT2D eigenvalue weighted by atomic mass is 35.5. The Labute approximate surface area is 203 Å². The largest absolute Gasteiger partial charge is 0.321 e. The summed E-state index contributed by atoms with van der Waals surface area (Å²) >= 11 is 7.08. The van der Waals surface area contributed by atoms with E-state index in [4.69, 9.17) is 11.6 Å². The topological polar surface area (TPSA) is 80.2 Å². The predicted octanol–water partition coefficient (Wildman–Crippen LogP) is 5.56. The molecule has 0 saturated heterocycles. The summed E-state index contributed by atoms with van der Waals surface area (Å²) < 4.78 is 14.8. The third-order valence-corrected chi connectivity index (χ3v) is 6.46. The molecule has 2 amide bonds. The summed E-state index contributed by atoms with van der Waals surface area (Å²) in [6, 6.07) is 17.4. The number of nitrogens with one attached hydrogen (secondary N) is 2. The van der Waals surface area contributed by atoms with Gasteiger partial charge in [-0.3, -0.25) is 14.4 Å². The summed E-state index contributed by atoms with van der Waals surface area (Å²) in [5.41, 5.74) is 2.27. The van der Waals surface area contributed by atoms with Crippen molar-refractivity contribution in [2.45, 2.75) is 13.5 Å². The molecule has 0 atom stereocenters. The molecule has 2 heterocycles. The predicted molar refractivity (Wildman–Crippen MR) is 133 cm³/mol. The van der Waals surface area contributed by atoms with Crippen LogP contribution in [0.5, 0.6) is 0 Å². The highest BCUT2D eigenvalue weighted by Gasteiger charge is 2.17. The van der Waals surface area contributed by atoms with Gasteiger partial charge in [-0.05, 0) is 60.5 Å². The Morgan fingerprint density at radius 2 is 1.76 bits per heavy atom. The van der Waals surface area contributed by atoms with E-state index in [9.17, 15) is 18.8 Å². The van der Waals surface area contributed by atoms with E-state index in [1.807, 2.05) is 12.1 Å². The van der Waals surface area contributed by atoms with E-state index in [1.165, 1.54) is 12.1 Å². The first-order valence-electron chi connectivity index (χ1n) is 10.2. The van der Waals surface area contributed by atoms with E-state index in [0.717, 1.165) is 29.0 Å². The van der Waals surface area contributed by atoms with Crippen molar-refractivity contribution in [2.24, 2.45) is 0 Å². The van der Waals surface area contributed by atoms with Gasteiger partial charge in [0, 0.05) is 18.0 Å². The quantitative estimate of drug-likeness (QED) is 0.367. The molecule has 6 nitrogen and oxygen atoms in total. The van der Waals surface area contributed by atoms with Crippen LogP contribution in [0.25, 0.3) is 0 Å². The molecule has 0 saturated carbocycles. The maximum absolute atomic E-state index is 13.2. The number of carbonyl (C=O) groups is 2. The zero-order valence-electron chi connectivity index (χ0n) is 18.0. The summed E-state index contributed by atoms with van der Waals surface area (Å²) in [5.74, 6) is -1.34. The third-order valence-electron chi connectivity index (χ3n) is 5.00. The Morgan fingerprint density at radius 1 is 1.00 bits per heavy atom. The molecule has 0 radical (unpaired) electrons. The van der Waals surface area contributed by atoms with E-state index in [0.29, 0.717) is 27.7 Å². The first-order valence-corrected chi connectivity index (χ1v) is 11.4. The molecule has 2 aromatic heterocycles. The van der Waals surface area contributed by atoms with Crippen molar-refractivity contribution in [1.82, 2.24) is 4.57 Å². The number of hydrogen-bond donors (Lipinski definition) is 2. The monoisotopic (exact) mass is 495 g/mol. The van der Waals surface area contributed by atoms with Crippen molar-refractivity contribution in [1.29, 1.82) is 0 Å². The number of carbonyl (C=O) groups excluding carboxylic acids is 2. The van der Waals surface area contributed by atoms with Gasteiger partial charge in [-0.15, -0.1) is 11.3 Å². The van der Waals surface area contributed by atoms with Gasteiger partial charge in [-0.1, -0.05) is 29.8 Å². The minimum Gasteiger partial charge on any atom is -0.321 e. The molecule has 0 spiro atoms. The van der Waals surface area contributed by atoms with Gasteiger partial charge >= 0.3 is 0 Å². The van der Waals surface area contributed by atoms with Gasteiger partial charge in [0.2, 0.25) is 0 Å². The number of halogens is 2. The number of pyridine rings is 1. The molecule has 4 aromatic rings. The zero-order chi connectivity index (χ0) is 24.2. The van der Waals surface area contributed by atoms with Crippen molar-refractivity contribution < 1.29 is 14.0 Å². The molecular weight excluding hydrogens is 477 g/mol. The molecule has 0 unspecified atom stereocenters. The van der Waals surface area contributed by atoms with Gasteiger partial charge in [0.15, 0.2) is 0 Å². The Bertz CT molecular complexity index is 1430. The average Bonchev–Trinajstić information content (AvgIpc) is 3.16. The van der Waals surface area contributed by atoms with Crippen LogP contribution < -0.4 is 16.2 Å². The fraction of sp³-hybridized carbons (Fsp3) is 0.0800. The standard InChI is InChI=1S/C25H19ClFN3O3S/c1-15-12-21(29-24(32)19-10-7-17(27)13-20(19)26)34-23(15)25(33)28-18-8-5-16(6-9-18)14-30-11-3-2-4-22(30)31/h2-13H,14H2,1H3,(H,28,33)(H,29,32). The van der Waals surface area contributed by atoms with E-state index < -0.39 is 11.7 Å². The summed E-state index contributed by atoms with van der Waals surface area (Å²) in [7, 11) is 0. The molecule has 2 aromatic carbocycles. The first kappa shape index (κ1) is 23.4. The lowest BCUT2D eigenvalue weighted by Gasteiger charge is -2.08. The molecule has 0 aliphatic heterocycles. The highest BCUT2D eigenvalue weighted by Crippen LogP contribution is 2.29.